The molecule has 0 aliphatic heterocycles. The Hall–Kier alpha value is -1.94. The van der Waals surface area contributed by atoms with E-state index in [0.29, 0.717) is 0 Å². The first-order chi connectivity index (χ1) is 5.20. The van der Waals surface area contributed by atoms with E-state index in [2.05, 4.69) is 0 Å². The molecule has 0 fully saturated rings. The van der Waals surface area contributed by atoms with Gasteiger partial charge in [0.1, 0.15) is 0 Å². The molecular formula is HAlFN3O9. The minimum atomic E-state index is -1.75. The largest absolute Gasteiger partial charge is 3.00 e. The maximum atomic E-state index is 8.25. The number of hydrogen-bond donors (Lipinski definition) is 0. The van der Waals surface area contributed by atoms with Crippen LogP contribution in [0.2, 0.25) is 0 Å². The molecule has 0 aromatic heterocycles. The molecule has 0 radical (unpaired) electrons. The van der Waals surface area contributed by atoms with Crippen LogP contribution in [0.1, 0.15) is 0 Å². The fraction of sp³-hybridized carbons (Fsp3) is 0. The fourth-order valence-electron chi connectivity index (χ4n) is 0. The van der Waals surface area contributed by atoms with Crippen molar-refractivity contribution in [2.24, 2.45) is 0 Å². The van der Waals surface area contributed by atoms with Crippen molar-refractivity contribution in [2.45, 2.75) is 0 Å². The van der Waals surface area contributed by atoms with E-state index in [1.54, 1.807) is 0 Å². The summed E-state index contributed by atoms with van der Waals surface area (Å²) in [6, 6.07) is 0. The van der Waals surface area contributed by atoms with E-state index in [1.807, 2.05) is 0 Å². The molecule has 0 unspecified atom stereocenters. The molecular weight excluding hydrogens is 232 g/mol. The predicted octanol–water partition coefficient (Wildman–Crippen LogP) is -0.946. The molecule has 14 heteroatoms. The average Bonchev–Trinajstić information content (AvgIpc) is 1.54. The summed E-state index contributed by atoms with van der Waals surface area (Å²) in [4.78, 5) is 24.8. The van der Waals surface area contributed by atoms with Crippen LogP contribution in [0.3, 0.4) is 0 Å². The van der Waals surface area contributed by atoms with Crippen molar-refractivity contribution < 1.29 is 20.0 Å². The minimum absolute atomic E-state index is 0. The topological polar surface area (TPSA) is 199 Å². The molecule has 0 amide bonds. The number of rotatable bonds is 0. The van der Waals surface area contributed by atoms with Crippen LogP contribution in [0.25, 0.3) is 0 Å². The summed E-state index contributed by atoms with van der Waals surface area (Å²) in [6.07, 6.45) is 0. The monoisotopic (exact) mass is 233 g/mol. The normalized spacial score (nSPS) is 5.14. The second kappa shape index (κ2) is 22.5. The zero-order chi connectivity index (χ0) is 10.7. The van der Waals surface area contributed by atoms with Crippen molar-refractivity contribution in [1.82, 2.24) is 0 Å². The average molecular weight is 233 g/mol. The Labute approximate surface area is 84.2 Å². The Morgan fingerprint density at radius 3 is 0.571 bits per heavy atom. The molecule has 12 nitrogen and oxygen atoms in total. The summed E-state index contributed by atoms with van der Waals surface area (Å²) in [7, 11) is 0. The second-order valence-corrected chi connectivity index (χ2v) is 0.671. The third kappa shape index (κ3) is 220. The van der Waals surface area contributed by atoms with Crippen molar-refractivity contribution in [3.05, 3.63) is 46.0 Å². The third-order valence-corrected chi connectivity index (χ3v) is 0. The molecule has 0 aromatic carbocycles. The predicted molar refractivity (Wildman–Crippen MR) is 39.3 cm³/mol. The SMILES string of the molecule is F.O=[N+]([O-])[O-].O=[N+]([O-])[O-].O=[N+]([O-])[O-].[Al+3]. The quantitative estimate of drug-likeness (QED) is 0.287. The van der Waals surface area contributed by atoms with Crippen LogP contribution in [0, 0.1) is 46.0 Å². The maximum Gasteiger partial charge on any atom is 3.00 e. The van der Waals surface area contributed by atoms with Gasteiger partial charge in [0.2, 0.25) is 0 Å². The molecule has 0 N–H and O–H groups in total. The first-order valence-corrected chi connectivity index (χ1v) is 1.64. The van der Waals surface area contributed by atoms with E-state index in [1.165, 1.54) is 0 Å². The smallest absolute Gasteiger partial charge is 0.356 e. The zero-order valence-electron chi connectivity index (χ0n) is 6.00. The first-order valence-electron chi connectivity index (χ1n) is 1.64. The molecule has 0 rings (SSSR count). The summed E-state index contributed by atoms with van der Waals surface area (Å²) >= 11 is 0. The Kier molecular flexibility index (Phi) is 47.5. The van der Waals surface area contributed by atoms with Crippen LogP contribution >= 0.6 is 0 Å². The van der Waals surface area contributed by atoms with E-state index in [9.17, 15) is 0 Å². The third-order valence-electron chi connectivity index (χ3n) is 0. The number of nitrogens with zero attached hydrogens (tertiary/aromatic N) is 3. The van der Waals surface area contributed by atoms with Crippen LogP contribution in [-0.2, 0) is 0 Å². The van der Waals surface area contributed by atoms with Gasteiger partial charge in [-0.05, 0) is 0 Å². The molecule has 0 spiro atoms. The van der Waals surface area contributed by atoms with Crippen LogP contribution in [0.5, 0.6) is 0 Å². The first kappa shape index (κ1) is 29.6. The van der Waals surface area contributed by atoms with Crippen molar-refractivity contribution in [1.29, 1.82) is 0 Å². The Morgan fingerprint density at radius 1 is 0.571 bits per heavy atom. The van der Waals surface area contributed by atoms with Gasteiger partial charge in [0.25, 0.3) is 0 Å². The van der Waals surface area contributed by atoms with Crippen molar-refractivity contribution >= 4 is 17.4 Å². The Balaban J connectivity index is -0.0000000270. The van der Waals surface area contributed by atoms with Gasteiger partial charge in [-0.2, -0.15) is 0 Å². The van der Waals surface area contributed by atoms with Gasteiger partial charge in [-0.1, -0.05) is 0 Å². The molecule has 0 aliphatic rings. The zero-order valence-corrected chi connectivity index (χ0v) is 7.16. The molecule has 0 saturated carbocycles. The van der Waals surface area contributed by atoms with Crippen LogP contribution in [0.15, 0.2) is 0 Å². The van der Waals surface area contributed by atoms with Gasteiger partial charge in [-0.15, -0.1) is 0 Å². The molecule has 0 aromatic rings. The molecule has 0 saturated heterocycles. The fourth-order valence-corrected chi connectivity index (χ4v) is 0. The maximum absolute atomic E-state index is 8.25. The van der Waals surface area contributed by atoms with Gasteiger partial charge >= 0.3 is 17.4 Å². The van der Waals surface area contributed by atoms with Crippen molar-refractivity contribution in [3.8, 4) is 0 Å². The molecule has 80 valence electrons. The molecule has 14 heavy (non-hydrogen) atoms. The van der Waals surface area contributed by atoms with Crippen LogP contribution in [-0.4, -0.2) is 32.6 Å². The Bertz CT molecular complexity index is 118. The van der Waals surface area contributed by atoms with Crippen LogP contribution < -0.4 is 0 Å². The van der Waals surface area contributed by atoms with Gasteiger partial charge < -0.3 is 46.0 Å². The van der Waals surface area contributed by atoms with E-state index in [-0.39, 0.29) is 22.1 Å². The minimum Gasteiger partial charge on any atom is -0.356 e. The number of hydrogen-bond acceptors (Lipinski definition) is 9. The van der Waals surface area contributed by atoms with E-state index < -0.39 is 15.3 Å². The standard InChI is InChI=1S/Al.FH.3NO3/c;;3*2-1(3)4/h;1H;;;/q+3;;3*-1. The van der Waals surface area contributed by atoms with Gasteiger partial charge in [0.05, 0.1) is 15.3 Å². The van der Waals surface area contributed by atoms with E-state index >= 15 is 0 Å². The summed E-state index contributed by atoms with van der Waals surface area (Å²) in [6.45, 7) is 0. The summed E-state index contributed by atoms with van der Waals surface area (Å²) in [5.74, 6) is 0. The molecule has 0 aliphatic carbocycles. The Morgan fingerprint density at radius 2 is 0.571 bits per heavy atom. The summed E-state index contributed by atoms with van der Waals surface area (Å²) in [5.41, 5.74) is 0. The van der Waals surface area contributed by atoms with Gasteiger partial charge in [-0.3, -0.25) is 4.70 Å². The van der Waals surface area contributed by atoms with Crippen LogP contribution in [0.4, 0.5) is 4.70 Å². The van der Waals surface area contributed by atoms with E-state index in [4.69, 9.17) is 46.0 Å². The van der Waals surface area contributed by atoms with Crippen molar-refractivity contribution in [2.75, 3.05) is 0 Å². The summed E-state index contributed by atoms with van der Waals surface area (Å²) in [5, 5.41) is 44.2. The van der Waals surface area contributed by atoms with E-state index in [0.717, 1.165) is 0 Å². The van der Waals surface area contributed by atoms with Crippen molar-refractivity contribution in [3.63, 3.8) is 0 Å². The summed E-state index contributed by atoms with van der Waals surface area (Å²) < 4.78 is 0. The molecule has 0 atom stereocenters. The van der Waals surface area contributed by atoms with Gasteiger partial charge in [0.15, 0.2) is 0 Å². The molecule has 0 heterocycles. The number of halogens is 1. The van der Waals surface area contributed by atoms with Gasteiger partial charge in [-0.25, -0.2) is 0 Å². The van der Waals surface area contributed by atoms with Gasteiger partial charge in [0, 0.05) is 0 Å². The molecule has 0 bridgehead atoms. The second-order valence-electron chi connectivity index (χ2n) is 0.671.